The second-order valence-corrected chi connectivity index (χ2v) is 6.34. The average Bonchev–Trinajstić information content (AvgIpc) is 3.19. The first-order valence-electron chi connectivity index (χ1n) is 7.56. The Morgan fingerprint density at radius 1 is 1.28 bits per heavy atom. The van der Waals surface area contributed by atoms with Crippen LogP contribution < -0.4 is 9.64 Å². The van der Waals surface area contributed by atoms with Crippen LogP contribution in [-0.2, 0) is 14.3 Å². The molecule has 1 aromatic carbocycles. The molecule has 1 atom stereocenters. The molecule has 0 saturated carbocycles. The summed E-state index contributed by atoms with van der Waals surface area (Å²) in [4.78, 5) is 14.9. The summed E-state index contributed by atoms with van der Waals surface area (Å²) in [6, 6.07) is 7.73. The van der Waals surface area contributed by atoms with Crippen LogP contribution in [-0.4, -0.2) is 44.1 Å². The van der Waals surface area contributed by atoms with Crippen LogP contribution in [0.15, 0.2) is 51.8 Å². The topological polar surface area (TPSA) is 63.6 Å². The van der Waals surface area contributed by atoms with Crippen LogP contribution in [0.25, 0.3) is 0 Å². The standard InChI is InChI=1S/C17H19N3O4S/c1-11-15(12(9-22-2)16(21)24-4)25-17-19(10-18-20(11)17)13-7-5-6-8-14(13)23-3/h5-10,17H,1-4H3/b12-9-. The summed E-state index contributed by atoms with van der Waals surface area (Å²) in [6.45, 7) is 1.91. The summed E-state index contributed by atoms with van der Waals surface area (Å²) in [6.07, 6.45) is 3.16. The van der Waals surface area contributed by atoms with Gasteiger partial charge < -0.3 is 14.2 Å². The lowest BCUT2D eigenvalue weighted by Crippen LogP contribution is -2.33. The number of nitrogens with zero attached hydrogens (tertiary/aromatic N) is 3. The lowest BCUT2D eigenvalue weighted by atomic mass is 10.2. The van der Waals surface area contributed by atoms with Crippen LogP contribution in [0.1, 0.15) is 6.92 Å². The van der Waals surface area contributed by atoms with Gasteiger partial charge in [0.05, 0.1) is 39.0 Å². The molecule has 0 fully saturated rings. The number of carbonyl (C=O) groups excluding carboxylic acids is 1. The van der Waals surface area contributed by atoms with Crippen LogP contribution in [0, 0.1) is 0 Å². The van der Waals surface area contributed by atoms with Crippen molar-refractivity contribution in [2.75, 3.05) is 26.2 Å². The number of anilines is 1. The summed E-state index contributed by atoms with van der Waals surface area (Å²) in [7, 11) is 4.48. The molecule has 0 bridgehead atoms. The number of carbonyl (C=O) groups is 1. The largest absolute Gasteiger partial charge is 0.503 e. The van der Waals surface area contributed by atoms with Crippen LogP contribution >= 0.6 is 11.8 Å². The zero-order chi connectivity index (χ0) is 18.0. The number of fused-ring (bicyclic) bond motifs is 1. The molecule has 7 nitrogen and oxygen atoms in total. The van der Waals surface area contributed by atoms with Gasteiger partial charge >= 0.3 is 5.97 Å². The molecule has 0 amide bonds. The number of ether oxygens (including phenoxy) is 3. The minimum atomic E-state index is -0.447. The molecule has 2 heterocycles. The first-order chi connectivity index (χ1) is 12.1. The van der Waals surface area contributed by atoms with E-state index < -0.39 is 5.97 Å². The van der Waals surface area contributed by atoms with E-state index in [1.54, 1.807) is 13.4 Å². The molecule has 1 aromatic rings. The second-order valence-electron chi connectivity index (χ2n) is 5.27. The number of para-hydroxylation sites is 2. The molecule has 8 heteroatoms. The van der Waals surface area contributed by atoms with Crippen molar-refractivity contribution in [3.05, 3.63) is 46.7 Å². The highest BCUT2D eigenvalue weighted by Crippen LogP contribution is 2.47. The number of hydrogen-bond donors (Lipinski definition) is 0. The van der Waals surface area contributed by atoms with Gasteiger partial charge in [0.2, 0.25) is 0 Å². The monoisotopic (exact) mass is 361 g/mol. The predicted octanol–water partition coefficient (Wildman–Crippen LogP) is 2.73. The van der Waals surface area contributed by atoms with Crippen molar-refractivity contribution in [1.29, 1.82) is 0 Å². The van der Waals surface area contributed by atoms with Gasteiger partial charge in [0.15, 0.2) is 5.50 Å². The highest BCUT2D eigenvalue weighted by molar-refractivity contribution is 8.04. The van der Waals surface area contributed by atoms with E-state index in [-0.39, 0.29) is 5.50 Å². The fraction of sp³-hybridized carbons (Fsp3) is 0.294. The normalized spacial score (nSPS) is 19.4. The molecule has 0 spiro atoms. The Labute approximate surface area is 150 Å². The Balaban J connectivity index is 1.93. The van der Waals surface area contributed by atoms with E-state index in [4.69, 9.17) is 14.2 Å². The molecule has 1 unspecified atom stereocenters. The van der Waals surface area contributed by atoms with E-state index >= 15 is 0 Å². The van der Waals surface area contributed by atoms with Gasteiger partial charge in [-0.1, -0.05) is 23.9 Å². The zero-order valence-corrected chi connectivity index (χ0v) is 15.2. The third kappa shape index (κ3) is 2.93. The SMILES string of the molecule is CO/C=C(\C(=O)OC)C1=C(C)N2N=CN(c3ccccc3OC)C2S1. The predicted molar refractivity (Wildman–Crippen MR) is 97.0 cm³/mol. The molecule has 132 valence electrons. The highest BCUT2D eigenvalue weighted by atomic mass is 32.2. The van der Waals surface area contributed by atoms with Gasteiger partial charge in [-0.05, 0) is 19.1 Å². The number of rotatable bonds is 5. The number of allylic oxidation sites excluding steroid dienone is 1. The Kier molecular flexibility index (Phi) is 4.89. The number of hydrogen-bond acceptors (Lipinski definition) is 8. The summed E-state index contributed by atoms with van der Waals surface area (Å²) in [5.74, 6) is 0.306. The van der Waals surface area contributed by atoms with E-state index in [9.17, 15) is 4.79 Å². The van der Waals surface area contributed by atoms with Gasteiger partial charge in [-0.15, -0.1) is 0 Å². The first-order valence-corrected chi connectivity index (χ1v) is 8.44. The maximum atomic E-state index is 12.1. The van der Waals surface area contributed by atoms with Crippen molar-refractivity contribution in [2.24, 2.45) is 5.10 Å². The number of benzene rings is 1. The molecular formula is C17H19N3O4S. The second kappa shape index (κ2) is 7.10. The summed E-state index contributed by atoms with van der Waals surface area (Å²) in [5.41, 5.74) is 1.99. The number of methoxy groups -OCH3 is 3. The first kappa shape index (κ1) is 17.2. The number of esters is 1. The zero-order valence-electron chi connectivity index (χ0n) is 14.4. The fourth-order valence-electron chi connectivity index (χ4n) is 2.70. The van der Waals surface area contributed by atoms with Crippen molar-refractivity contribution in [1.82, 2.24) is 5.01 Å². The van der Waals surface area contributed by atoms with Crippen molar-refractivity contribution in [3.8, 4) is 5.75 Å². The number of hydrazone groups is 1. The molecular weight excluding hydrogens is 342 g/mol. The molecule has 3 rings (SSSR count). The van der Waals surface area contributed by atoms with Crippen molar-refractivity contribution in [3.63, 3.8) is 0 Å². The molecule has 0 aromatic heterocycles. The minimum absolute atomic E-state index is 0.142. The fourth-order valence-corrected chi connectivity index (χ4v) is 4.03. The molecule has 0 radical (unpaired) electrons. The molecule has 0 saturated heterocycles. The third-order valence-electron chi connectivity index (χ3n) is 3.89. The molecule has 2 aliphatic heterocycles. The Bertz CT molecular complexity index is 775. The molecule has 2 aliphatic rings. The van der Waals surface area contributed by atoms with Gasteiger partial charge in [0.1, 0.15) is 17.7 Å². The van der Waals surface area contributed by atoms with Gasteiger partial charge in [0.25, 0.3) is 0 Å². The van der Waals surface area contributed by atoms with Crippen LogP contribution in [0.2, 0.25) is 0 Å². The third-order valence-corrected chi connectivity index (χ3v) is 5.28. The van der Waals surface area contributed by atoms with Crippen LogP contribution in [0.4, 0.5) is 5.69 Å². The van der Waals surface area contributed by atoms with Gasteiger partial charge in [-0.25, -0.2) is 9.80 Å². The summed E-state index contributed by atoms with van der Waals surface area (Å²) < 4.78 is 15.4. The van der Waals surface area contributed by atoms with E-state index in [1.807, 2.05) is 41.1 Å². The van der Waals surface area contributed by atoms with E-state index in [0.717, 1.165) is 22.0 Å². The lowest BCUT2D eigenvalue weighted by molar-refractivity contribution is -0.135. The van der Waals surface area contributed by atoms with Crippen molar-refractivity contribution in [2.45, 2.75) is 12.4 Å². The molecule has 0 N–H and O–H groups in total. The maximum Gasteiger partial charge on any atom is 0.342 e. The summed E-state index contributed by atoms with van der Waals surface area (Å²) >= 11 is 1.51. The van der Waals surface area contributed by atoms with Crippen LogP contribution in [0.5, 0.6) is 5.75 Å². The van der Waals surface area contributed by atoms with Gasteiger partial charge in [-0.3, -0.25) is 4.90 Å². The Morgan fingerprint density at radius 3 is 2.72 bits per heavy atom. The Hall–Kier alpha value is -2.61. The van der Waals surface area contributed by atoms with Crippen LogP contribution in [0.3, 0.4) is 0 Å². The average molecular weight is 361 g/mol. The van der Waals surface area contributed by atoms with Gasteiger partial charge in [-0.2, -0.15) is 5.10 Å². The van der Waals surface area contributed by atoms with E-state index in [0.29, 0.717) is 5.57 Å². The van der Waals surface area contributed by atoms with Crippen molar-refractivity contribution >= 4 is 29.8 Å². The molecule has 25 heavy (non-hydrogen) atoms. The lowest BCUT2D eigenvalue weighted by Gasteiger charge is -2.25. The van der Waals surface area contributed by atoms with Crippen molar-refractivity contribution < 1.29 is 19.0 Å². The Morgan fingerprint density at radius 2 is 2.04 bits per heavy atom. The molecule has 0 aliphatic carbocycles. The highest BCUT2D eigenvalue weighted by Gasteiger charge is 2.41. The quantitative estimate of drug-likeness (QED) is 0.454. The maximum absolute atomic E-state index is 12.1. The number of thioether (sulfide) groups is 1. The summed E-state index contributed by atoms with van der Waals surface area (Å²) in [5, 5.41) is 6.33. The van der Waals surface area contributed by atoms with Gasteiger partial charge in [0, 0.05) is 4.91 Å². The van der Waals surface area contributed by atoms with E-state index in [1.165, 1.54) is 32.2 Å². The smallest absolute Gasteiger partial charge is 0.342 e. The van der Waals surface area contributed by atoms with E-state index in [2.05, 4.69) is 5.10 Å². The minimum Gasteiger partial charge on any atom is -0.503 e.